The Labute approximate surface area is 94.7 Å². The average molecular weight is 210 g/mol. The molecule has 1 atom stereocenters. The van der Waals surface area contributed by atoms with E-state index < -0.39 is 0 Å². The molecule has 1 aliphatic heterocycles. The van der Waals surface area contributed by atoms with Gasteiger partial charge in [0.15, 0.2) is 0 Å². The first-order chi connectivity index (χ1) is 7.18. The van der Waals surface area contributed by atoms with E-state index in [9.17, 15) is 0 Å². The van der Waals surface area contributed by atoms with Crippen molar-refractivity contribution < 1.29 is 0 Å². The molecule has 0 amide bonds. The maximum atomic E-state index is 3.62. The molecule has 0 saturated carbocycles. The lowest BCUT2D eigenvalue weighted by Gasteiger charge is -2.48. The molecule has 0 aromatic carbocycles. The summed E-state index contributed by atoms with van der Waals surface area (Å²) in [7, 11) is 0. The summed E-state index contributed by atoms with van der Waals surface area (Å²) in [4.78, 5) is 2.65. The topological polar surface area (TPSA) is 15.3 Å². The molecule has 2 nitrogen and oxygen atoms in total. The maximum Gasteiger partial charge on any atom is 0.0332 e. The molecule has 2 heteroatoms. The molecule has 0 aromatic heterocycles. The Morgan fingerprint density at radius 1 is 1.40 bits per heavy atom. The Kier molecular flexibility index (Phi) is 4.81. The number of allylic oxidation sites excluding steroid dienone is 1. The predicted octanol–water partition coefficient (Wildman–Crippen LogP) is 2.42. The highest BCUT2D eigenvalue weighted by molar-refractivity contribution is 4.99. The van der Waals surface area contributed by atoms with Gasteiger partial charge in [-0.3, -0.25) is 4.90 Å². The number of hydrogen-bond acceptors (Lipinski definition) is 2. The summed E-state index contributed by atoms with van der Waals surface area (Å²) in [6.07, 6.45) is 6.91. The quantitative estimate of drug-likeness (QED) is 0.717. The van der Waals surface area contributed by atoms with E-state index in [0.717, 1.165) is 13.1 Å². The van der Waals surface area contributed by atoms with E-state index >= 15 is 0 Å². The monoisotopic (exact) mass is 210 g/mol. The van der Waals surface area contributed by atoms with Crippen molar-refractivity contribution in [1.82, 2.24) is 10.2 Å². The van der Waals surface area contributed by atoms with E-state index in [1.807, 2.05) is 0 Å². The first-order valence-electron chi connectivity index (χ1n) is 6.28. The molecule has 1 saturated heterocycles. The minimum atomic E-state index is 0.381. The highest BCUT2D eigenvalue weighted by Gasteiger charge is 2.36. The zero-order valence-corrected chi connectivity index (χ0v) is 10.7. The third kappa shape index (κ3) is 2.82. The van der Waals surface area contributed by atoms with Crippen LogP contribution in [0.2, 0.25) is 0 Å². The number of nitrogens with zero attached hydrogens (tertiary/aromatic N) is 1. The van der Waals surface area contributed by atoms with Gasteiger partial charge in [0.25, 0.3) is 0 Å². The Hall–Kier alpha value is -0.340. The van der Waals surface area contributed by atoms with Gasteiger partial charge in [-0.15, -0.1) is 0 Å². The molecular formula is C13H26N2. The molecule has 0 bridgehead atoms. The number of piperazine rings is 1. The van der Waals surface area contributed by atoms with E-state index in [-0.39, 0.29) is 0 Å². The van der Waals surface area contributed by atoms with Gasteiger partial charge in [0.1, 0.15) is 0 Å². The van der Waals surface area contributed by atoms with Gasteiger partial charge in [-0.2, -0.15) is 0 Å². The minimum absolute atomic E-state index is 0.381. The van der Waals surface area contributed by atoms with Crippen molar-refractivity contribution in [2.24, 2.45) is 0 Å². The van der Waals surface area contributed by atoms with Crippen LogP contribution in [0, 0.1) is 0 Å². The average Bonchev–Trinajstić information content (AvgIpc) is 2.27. The van der Waals surface area contributed by atoms with Crippen molar-refractivity contribution in [3.8, 4) is 0 Å². The van der Waals surface area contributed by atoms with Gasteiger partial charge in [-0.25, -0.2) is 0 Å². The summed E-state index contributed by atoms with van der Waals surface area (Å²) in [5.41, 5.74) is 0.381. The smallest absolute Gasteiger partial charge is 0.0332 e. The fraction of sp³-hybridized carbons (Fsp3) is 0.846. The molecule has 0 radical (unpaired) electrons. The van der Waals surface area contributed by atoms with Gasteiger partial charge in [-0.05, 0) is 26.7 Å². The van der Waals surface area contributed by atoms with Gasteiger partial charge >= 0.3 is 0 Å². The lowest BCUT2D eigenvalue weighted by Crippen LogP contribution is -2.63. The summed E-state index contributed by atoms with van der Waals surface area (Å²) in [6, 6.07) is 0.626. The second kappa shape index (κ2) is 5.66. The molecule has 1 N–H and O–H groups in total. The van der Waals surface area contributed by atoms with Gasteiger partial charge in [-0.1, -0.05) is 26.0 Å². The lowest BCUT2D eigenvalue weighted by molar-refractivity contribution is 0.0459. The predicted molar refractivity (Wildman–Crippen MR) is 67.2 cm³/mol. The van der Waals surface area contributed by atoms with Crippen LogP contribution in [0.1, 0.15) is 40.5 Å². The van der Waals surface area contributed by atoms with Crippen molar-refractivity contribution in [3.63, 3.8) is 0 Å². The number of hydrogen-bond donors (Lipinski definition) is 1. The second-order valence-corrected chi connectivity index (χ2v) is 4.69. The van der Waals surface area contributed by atoms with Crippen LogP contribution in [0.3, 0.4) is 0 Å². The van der Waals surface area contributed by atoms with E-state index in [1.165, 1.54) is 19.4 Å². The lowest BCUT2D eigenvalue weighted by atomic mass is 9.87. The summed E-state index contributed by atoms with van der Waals surface area (Å²) in [5, 5.41) is 3.62. The van der Waals surface area contributed by atoms with Crippen molar-refractivity contribution in [2.75, 3.05) is 19.6 Å². The number of nitrogens with one attached hydrogen (secondary N) is 1. The largest absolute Gasteiger partial charge is 0.311 e. The van der Waals surface area contributed by atoms with Gasteiger partial charge < -0.3 is 5.32 Å². The molecule has 88 valence electrons. The van der Waals surface area contributed by atoms with Crippen LogP contribution in [-0.4, -0.2) is 36.1 Å². The zero-order chi connectivity index (χ0) is 11.3. The fourth-order valence-corrected chi connectivity index (χ4v) is 2.51. The van der Waals surface area contributed by atoms with Crippen LogP contribution in [0.5, 0.6) is 0 Å². The first kappa shape index (κ1) is 12.7. The second-order valence-electron chi connectivity index (χ2n) is 4.69. The normalized spacial score (nSPS) is 27.3. The third-order valence-electron chi connectivity index (χ3n) is 3.82. The molecular weight excluding hydrogens is 184 g/mol. The molecule has 1 rings (SSSR count). The zero-order valence-electron chi connectivity index (χ0n) is 10.7. The van der Waals surface area contributed by atoms with Crippen LogP contribution >= 0.6 is 0 Å². The van der Waals surface area contributed by atoms with Crippen molar-refractivity contribution in [2.45, 2.75) is 52.1 Å². The molecule has 15 heavy (non-hydrogen) atoms. The molecule has 0 spiro atoms. The molecule has 1 aliphatic rings. The number of rotatable bonds is 4. The van der Waals surface area contributed by atoms with Gasteiger partial charge in [0.05, 0.1) is 0 Å². The maximum absolute atomic E-state index is 3.62. The van der Waals surface area contributed by atoms with Crippen LogP contribution < -0.4 is 5.32 Å². The molecule has 0 aliphatic carbocycles. The summed E-state index contributed by atoms with van der Waals surface area (Å²) in [5.74, 6) is 0. The van der Waals surface area contributed by atoms with Crippen molar-refractivity contribution in [1.29, 1.82) is 0 Å². The van der Waals surface area contributed by atoms with Crippen LogP contribution in [0.25, 0.3) is 0 Å². The van der Waals surface area contributed by atoms with E-state index in [1.54, 1.807) is 0 Å². The fourth-order valence-electron chi connectivity index (χ4n) is 2.51. The van der Waals surface area contributed by atoms with Crippen LogP contribution in [0.15, 0.2) is 12.2 Å². The standard InChI is InChI=1S/C13H26N2/c1-5-8-9-15-10-12(4)14-11-13(15,6-2)7-3/h5,8,12,14H,6-7,9-11H2,1-4H3/b8-5+. The SMILES string of the molecule is C/C=C/CN1CC(C)NCC1(CC)CC. The van der Waals surface area contributed by atoms with Crippen LogP contribution in [0.4, 0.5) is 0 Å². The Bertz CT molecular complexity index is 207. The van der Waals surface area contributed by atoms with Crippen LogP contribution in [-0.2, 0) is 0 Å². The summed E-state index contributed by atoms with van der Waals surface area (Å²) in [6.45, 7) is 12.4. The highest BCUT2D eigenvalue weighted by Crippen LogP contribution is 2.26. The molecule has 1 fully saturated rings. The van der Waals surface area contributed by atoms with Gasteiger partial charge in [0, 0.05) is 31.2 Å². The van der Waals surface area contributed by atoms with E-state index in [4.69, 9.17) is 0 Å². The van der Waals surface area contributed by atoms with E-state index in [2.05, 4.69) is 50.1 Å². The summed E-state index contributed by atoms with van der Waals surface area (Å²) < 4.78 is 0. The van der Waals surface area contributed by atoms with Gasteiger partial charge in [0.2, 0.25) is 0 Å². The Morgan fingerprint density at radius 2 is 2.07 bits per heavy atom. The third-order valence-corrected chi connectivity index (χ3v) is 3.82. The Morgan fingerprint density at radius 3 is 2.60 bits per heavy atom. The minimum Gasteiger partial charge on any atom is -0.311 e. The molecule has 0 aromatic rings. The van der Waals surface area contributed by atoms with Crippen molar-refractivity contribution >= 4 is 0 Å². The van der Waals surface area contributed by atoms with E-state index in [0.29, 0.717) is 11.6 Å². The Balaban J connectivity index is 2.72. The summed E-state index contributed by atoms with van der Waals surface area (Å²) >= 11 is 0. The first-order valence-corrected chi connectivity index (χ1v) is 6.28. The van der Waals surface area contributed by atoms with Crippen molar-refractivity contribution in [3.05, 3.63) is 12.2 Å². The molecule has 1 unspecified atom stereocenters. The highest BCUT2D eigenvalue weighted by atomic mass is 15.3. The molecule has 1 heterocycles.